The number of hydrogen-bond donors (Lipinski definition) is 1. The molecule has 0 saturated carbocycles. The molecule has 1 unspecified atom stereocenters. The zero-order valence-electron chi connectivity index (χ0n) is 18.7. The van der Waals surface area contributed by atoms with E-state index in [1.165, 1.54) is 6.33 Å². The van der Waals surface area contributed by atoms with Gasteiger partial charge in [0.2, 0.25) is 11.6 Å². The van der Waals surface area contributed by atoms with Crippen LogP contribution < -0.4 is 9.47 Å². The first kappa shape index (κ1) is 22.6. The minimum absolute atomic E-state index is 0.133. The number of methoxy groups -OCH3 is 1. The van der Waals surface area contributed by atoms with Gasteiger partial charge in [-0.2, -0.15) is 0 Å². The van der Waals surface area contributed by atoms with E-state index < -0.39 is 5.97 Å². The molecule has 2 heterocycles. The normalized spacial score (nSPS) is 13.7. The molecule has 0 amide bonds. The molecule has 0 aliphatic rings. The summed E-state index contributed by atoms with van der Waals surface area (Å²) in [7, 11) is 1.63. The lowest BCUT2D eigenvalue weighted by molar-refractivity contribution is -0.145. The number of hydrogen-bond acceptors (Lipinski definition) is 6. The van der Waals surface area contributed by atoms with Crippen molar-refractivity contribution in [1.29, 1.82) is 0 Å². The number of furan rings is 1. The average molecular weight is 427 g/mol. The monoisotopic (exact) mass is 426 g/mol. The number of carboxylic acid groups (broad SMARTS) is 1. The van der Waals surface area contributed by atoms with Crippen LogP contribution in [-0.4, -0.2) is 34.3 Å². The Balaban J connectivity index is 1.74. The third-order valence-electron chi connectivity index (χ3n) is 5.50. The lowest BCUT2D eigenvalue weighted by atomic mass is 9.78. The molecular weight excluding hydrogens is 396 g/mol. The van der Waals surface area contributed by atoms with Crippen molar-refractivity contribution in [3.8, 4) is 22.8 Å². The summed E-state index contributed by atoms with van der Waals surface area (Å²) >= 11 is 0. The van der Waals surface area contributed by atoms with Crippen LogP contribution in [-0.2, 0) is 4.79 Å². The highest BCUT2D eigenvalue weighted by molar-refractivity contribution is 5.95. The fraction of sp³-hybridized carbons (Fsp3) is 0.458. The quantitative estimate of drug-likeness (QED) is 0.477. The van der Waals surface area contributed by atoms with E-state index in [-0.39, 0.29) is 17.4 Å². The molecular formula is C24H30N2O5. The van der Waals surface area contributed by atoms with E-state index >= 15 is 0 Å². The van der Waals surface area contributed by atoms with Crippen molar-refractivity contribution in [2.75, 3.05) is 7.11 Å². The second-order valence-electron chi connectivity index (χ2n) is 8.85. The van der Waals surface area contributed by atoms with Crippen LogP contribution >= 0.6 is 0 Å². The maximum absolute atomic E-state index is 11.6. The lowest BCUT2D eigenvalue weighted by Gasteiger charge is -2.27. The maximum atomic E-state index is 11.6. The summed E-state index contributed by atoms with van der Waals surface area (Å²) in [6.07, 6.45) is 5.02. The van der Waals surface area contributed by atoms with E-state index in [9.17, 15) is 9.90 Å². The third kappa shape index (κ3) is 5.34. The van der Waals surface area contributed by atoms with Gasteiger partial charge in [-0.3, -0.25) is 4.79 Å². The Bertz CT molecular complexity index is 1020. The summed E-state index contributed by atoms with van der Waals surface area (Å²) in [5, 5.41) is 10.2. The van der Waals surface area contributed by atoms with Gasteiger partial charge >= 0.3 is 5.97 Å². The number of carboxylic acids is 1. The summed E-state index contributed by atoms with van der Waals surface area (Å²) in [6, 6.07) is 7.66. The molecule has 0 radical (unpaired) electrons. The van der Waals surface area contributed by atoms with Gasteiger partial charge in [-0.25, -0.2) is 9.97 Å². The summed E-state index contributed by atoms with van der Waals surface area (Å²) in [5.41, 5.74) is 1.97. The molecule has 166 valence electrons. The number of aliphatic carboxylic acids is 1. The first-order valence-corrected chi connectivity index (χ1v) is 10.5. The van der Waals surface area contributed by atoms with E-state index in [0.717, 1.165) is 35.1 Å². The minimum atomic E-state index is -0.749. The van der Waals surface area contributed by atoms with Crippen molar-refractivity contribution in [3.63, 3.8) is 0 Å². The molecule has 7 heteroatoms. The number of fused-ring (bicyclic) bond motifs is 1. The Hall–Kier alpha value is -3.09. The first-order valence-electron chi connectivity index (χ1n) is 10.5. The Morgan fingerprint density at radius 3 is 2.48 bits per heavy atom. The van der Waals surface area contributed by atoms with Crippen LogP contribution in [0.15, 0.2) is 41.3 Å². The molecule has 2 atom stereocenters. The fourth-order valence-electron chi connectivity index (χ4n) is 3.71. The summed E-state index contributed by atoms with van der Waals surface area (Å²) in [6.45, 7) is 7.85. The fourth-order valence-corrected chi connectivity index (χ4v) is 3.71. The average Bonchev–Trinajstić information content (AvgIpc) is 3.15. The zero-order chi connectivity index (χ0) is 22.6. The molecule has 0 saturated heterocycles. The molecule has 0 aliphatic carbocycles. The molecule has 1 N–H and O–H groups in total. The van der Waals surface area contributed by atoms with E-state index in [2.05, 4.69) is 9.97 Å². The highest BCUT2D eigenvalue weighted by Gasteiger charge is 2.30. The smallest absolute Gasteiger partial charge is 0.307 e. The molecule has 7 nitrogen and oxygen atoms in total. The second-order valence-corrected chi connectivity index (χ2v) is 8.85. The molecule has 0 aliphatic heterocycles. The summed E-state index contributed by atoms with van der Waals surface area (Å²) in [4.78, 5) is 20.1. The molecule has 3 rings (SSSR count). The highest BCUT2D eigenvalue weighted by Crippen LogP contribution is 2.36. The Morgan fingerprint density at radius 1 is 1.16 bits per heavy atom. The van der Waals surface area contributed by atoms with Crippen LogP contribution in [0.1, 0.15) is 47.0 Å². The van der Waals surface area contributed by atoms with Gasteiger partial charge in [0.25, 0.3) is 0 Å². The van der Waals surface area contributed by atoms with Crippen molar-refractivity contribution < 1.29 is 23.8 Å². The van der Waals surface area contributed by atoms with Crippen LogP contribution in [0, 0.1) is 11.3 Å². The third-order valence-corrected chi connectivity index (χ3v) is 5.50. The minimum Gasteiger partial charge on any atom is -0.497 e. The number of rotatable bonds is 9. The van der Waals surface area contributed by atoms with E-state index in [0.29, 0.717) is 18.0 Å². The van der Waals surface area contributed by atoms with Crippen molar-refractivity contribution in [3.05, 3.63) is 36.9 Å². The zero-order valence-corrected chi connectivity index (χ0v) is 18.7. The molecule has 2 aromatic heterocycles. The van der Waals surface area contributed by atoms with Crippen molar-refractivity contribution in [2.45, 2.75) is 53.1 Å². The van der Waals surface area contributed by atoms with Crippen molar-refractivity contribution >= 4 is 17.1 Å². The Kier molecular flexibility index (Phi) is 6.83. The standard InChI is InChI=1S/C24H30N2O5/c1-15(7-6-8-19(23(27)28)24(2,3)4)31-22-20-18(13-30-21(20)25-14-26-22)16-9-11-17(29-5)12-10-16/h9-15,19H,6-8H2,1-5H3,(H,27,28)/t15-,19?/m1/s1. The molecule has 3 aromatic rings. The molecule has 0 bridgehead atoms. The Labute approximate surface area is 182 Å². The number of nitrogens with zero attached hydrogens (tertiary/aromatic N) is 2. The van der Waals surface area contributed by atoms with Gasteiger partial charge in [0, 0.05) is 5.56 Å². The van der Waals surface area contributed by atoms with Gasteiger partial charge in [0.05, 0.1) is 19.1 Å². The van der Waals surface area contributed by atoms with Crippen LogP contribution in [0.25, 0.3) is 22.2 Å². The SMILES string of the molecule is COc1ccc(-c2coc3ncnc(O[C@H](C)CCCC(C(=O)O)C(C)(C)C)c23)cc1. The van der Waals surface area contributed by atoms with Crippen LogP contribution in [0.3, 0.4) is 0 Å². The van der Waals surface area contributed by atoms with Gasteiger partial charge in [-0.1, -0.05) is 32.9 Å². The second kappa shape index (κ2) is 9.37. The topological polar surface area (TPSA) is 94.7 Å². The molecule has 0 spiro atoms. The predicted octanol–water partition coefficient (Wildman–Crippen LogP) is 5.58. The van der Waals surface area contributed by atoms with Crippen LogP contribution in [0.5, 0.6) is 11.6 Å². The van der Waals surface area contributed by atoms with Crippen molar-refractivity contribution in [2.24, 2.45) is 11.3 Å². The molecule has 31 heavy (non-hydrogen) atoms. The van der Waals surface area contributed by atoms with Gasteiger partial charge in [-0.15, -0.1) is 0 Å². The van der Waals surface area contributed by atoms with Gasteiger partial charge in [0.1, 0.15) is 23.7 Å². The van der Waals surface area contributed by atoms with Gasteiger partial charge < -0.3 is 19.0 Å². The van der Waals surface area contributed by atoms with Crippen molar-refractivity contribution in [1.82, 2.24) is 9.97 Å². The van der Waals surface area contributed by atoms with E-state index in [1.54, 1.807) is 13.4 Å². The van der Waals surface area contributed by atoms with E-state index in [4.69, 9.17) is 13.9 Å². The largest absolute Gasteiger partial charge is 0.497 e. The molecule has 0 fully saturated rings. The van der Waals surface area contributed by atoms with Gasteiger partial charge in [0.15, 0.2) is 0 Å². The number of carbonyl (C=O) groups is 1. The Morgan fingerprint density at radius 2 is 1.87 bits per heavy atom. The number of benzene rings is 1. The highest BCUT2D eigenvalue weighted by atomic mass is 16.5. The van der Waals surface area contributed by atoms with Crippen LogP contribution in [0.2, 0.25) is 0 Å². The number of aromatic nitrogens is 2. The van der Waals surface area contributed by atoms with Crippen LogP contribution in [0.4, 0.5) is 0 Å². The summed E-state index contributed by atoms with van der Waals surface area (Å²) in [5.74, 6) is 0.0950. The first-order chi connectivity index (χ1) is 14.7. The number of ether oxygens (including phenoxy) is 2. The van der Waals surface area contributed by atoms with E-state index in [1.807, 2.05) is 52.0 Å². The van der Waals surface area contributed by atoms with Gasteiger partial charge in [-0.05, 0) is 49.3 Å². The summed E-state index contributed by atoms with van der Waals surface area (Å²) < 4.78 is 17.0. The molecule has 1 aromatic carbocycles. The lowest BCUT2D eigenvalue weighted by Crippen LogP contribution is -2.28. The predicted molar refractivity (Wildman–Crippen MR) is 118 cm³/mol. The maximum Gasteiger partial charge on any atom is 0.307 e.